The minimum absolute atomic E-state index is 0.184. The number of carbonyl (C=O) groups excluding carboxylic acids is 1. The van der Waals surface area contributed by atoms with E-state index in [1.807, 2.05) is 11.4 Å². The molecule has 2 heterocycles. The van der Waals surface area contributed by atoms with Gasteiger partial charge in [0.15, 0.2) is 5.76 Å². The summed E-state index contributed by atoms with van der Waals surface area (Å²) in [5.74, 6) is -0.257. The number of ketones is 1. The first kappa shape index (κ1) is 12.6. The van der Waals surface area contributed by atoms with E-state index in [2.05, 4.69) is 15.9 Å². The van der Waals surface area contributed by atoms with Gasteiger partial charge >= 0.3 is 0 Å². The van der Waals surface area contributed by atoms with Gasteiger partial charge in [0, 0.05) is 15.4 Å². The van der Waals surface area contributed by atoms with Gasteiger partial charge in [0.2, 0.25) is 5.78 Å². The van der Waals surface area contributed by atoms with Crippen molar-refractivity contribution in [3.8, 4) is 0 Å². The Morgan fingerprint density at radius 1 is 1.37 bits per heavy atom. The van der Waals surface area contributed by atoms with E-state index in [4.69, 9.17) is 4.42 Å². The lowest BCUT2D eigenvalue weighted by atomic mass is 10.1. The van der Waals surface area contributed by atoms with Crippen molar-refractivity contribution in [1.29, 1.82) is 0 Å². The van der Waals surface area contributed by atoms with Crippen LogP contribution in [0.3, 0.4) is 0 Å². The third-order valence-corrected chi connectivity index (χ3v) is 4.76. The molecule has 3 rings (SSSR count). The Labute approximate surface area is 121 Å². The molecule has 0 atom stereocenters. The van der Waals surface area contributed by atoms with Crippen LogP contribution in [0.25, 0.3) is 11.0 Å². The van der Waals surface area contributed by atoms with E-state index in [1.54, 1.807) is 6.92 Å². The Bertz CT molecular complexity index is 788. The molecular formula is C14H8BrFO2S. The van der Waals surface area contributed by atoms with Gasteiger partial charge in [-0.25, -0.2) is 4.39 Å². The zero-order valence-corrected chi connectivity index (χ0v) is 12.3. The highest BCUT2D eigenvalue weighted by Crippen LogP contribution is 2.31. The average Bonchev–Trinajstić information content (AvgIpc) is 2.94. The molecular weight excluding hydrogens is 331 g/mol. The van der Waals surface area contributed by atoms with Crippen molar-refractivity contribution in [1.82, 2.24) is 0 Å². The molecule has 96 valence electrons. The highest BCUT2D eigenvalue weighted by atomic mass is 79.9. The van der Waals surface area contributed by atoms with Crippen LogP contribution < -0.4 is 0 Å². The summed E-state index contributed by atoms with van der Waals surface area (Å²) in [5, 5.41) is 2.46. The molecule has 0 saturated carbocycles. The predicted octanol–water partition coefficient (Wildman–Crippen LogP) is 4.94. The van der Waals surface area contributed by atoms with E-state index >= 15 is 0 Å². The van der Waals surface area contributed by atoms with E-state index in [-0.39, 0.29) is 17.4 Å². The second-order valence-electron chi connectivity index (χ2n) is 4.12. The second kappa shape index (κ2) is 4.58. The van der Waals surface area contributed by atoms with E-state index < -0.39 is 0 Å². The zero-order chi connectivity index (χ0) is 13.6. The molecule has 0 N–H and O–H groups in total. The van der Waals surface area contributed by atoms with Crippen LogP contribution in [-0.2, 0) is 0 Å². The Kier molecular flexibility index (Phi) is 3.03. The zero-order valence-electron chi connectivity index (χ0n) is 9.87. The molecule has 0 fully saturated rings. The molecule has 0 aliphatic rings. The van der Waals surface area contributed by atoms with Gasteiger partial charge in [-0.1, -0.05) is 0 Å². The van der Waals surface area contributed by atoms with Crippen LogP contribution in [0.4, 0.5) is 4.39 Å². The minimum Gasteiger partial charge on any atom is -0.452 e. The molecule has 0 saturated heterocycles. The van der Waals surface area contributed by atoms with Gasteiger partial charge in [-0.2, -0.15) is 0 Å². The Morgan fingerprint density at radius 2 is 2.16 bits per heavy atom. The first-order chi connectivity index (χ1) is 9.08. The molecule has 3 aromatic rings. The normalized spacial score (nSPS) is 11.1. The lowest BCUT2D eigenvalue weighted by Crippen LogP contribution is -1.99. The fraction of sp³-hybridized carbons (Fsp3) is 0.0714. The van der Waals surface area contributed by atoms with E-state index in [1.165, 1.54) is 29.5 Å². The van der Waals surface area contributed by atoms with Crippen LogP contribution >= 0.6 is 27.3 Å². The molecule has 0 aliphatic carbocycles. The molecule has 5 heteroatoms. The Hall–Kier alpha value is -1.46. The number of fused-ring (bicyclic) bond motifs is 1. The Morgan fingerprint density at radius 3 is 2.84 bits per heavy atom. The van der Waals surface area contributed by atoms with E-state index in [9.17, 15) is 9.18 Å². The number of hydrogen-bond donors (Lipinski definition) is 0. The monoisotopic (exact) mass is 338 g/mol. The molecule has 1 aromatic carbocycles. The van der Waals surface area contributed by atoms with Crippen LogP contribution in [0.15, 0.2) is 38.5 Å². The average molecular weight is 339 g/mol. The predicted molar refractivity (Wildman–Crippen MR) is 76.4 cm³/mol. The molecule has 0 spiro atoms. The second-order valence-corrected chi connectivity index (χ2v) is 5.89. The highest BCUT2D eigenvalue weighted by molar-refractivity contribution is 9.10. The van der Waals surface area contributed by atoms with Crippen molar-refractivity contribution in [2.24, 2.45) is 0 Å². The summed E-state index contributed by atoms with van der Waals surface area (Å²) in [4.78, 5) is 13.0. The van der Waals surface area contributed by atoms with Crippen molar-refractivity contribution in [3.63, 3.8) is 0 Å². The summed E-state index contributed by atoms with van der Waals surface area (Å²) < 4.78 is 19.5. The number of hydrogen-bond acceptors (Lipinski definition) is 3. The van der Waals surface area contributed by atoms with Crippen LogP contribution in [0.2, 0.25) is 0 Å². The van der Waals surface area contributed by atoms with E-state index in [0.717, 1.165) is 4.47 Å². The van der Waals surface area contributed by atoms with Gasteiger partial charge in [-0.15, -0.1) is 11.3 Å². The van der Waals surface area contributed by atoms with Crippen molar-refractivity contribution in [2.45, 2.75) is 6.92 Å². The van der Waals surface area contributed by atoms with Crippen molar-refractivity contribution in [3.05, 3.63) is 56.1 Å². The lowest BCUT2D eigenvalue weighted by Gasteiger charge is -1.96. The van der Waals surface area contributed by atoms with Crippen molar-refractivity contribution < 1.29 is 13.6 Å². The topological polar surface area (TPSA) is 30.2 Å². The standard InChI is InChI=1S/C14H8BrFO2S/c1-7-9-6-8(16)2-3-11(9)18-13(7)12(17)14-10(15)4-5-19-14/h2-6H,1H3. The molecule has 2 aromatic heterocycles. The van der Waals surface area contributed by atoms with Crippen LogP contribution in [-0.4, -0.2) is 5.78 Å². The van der Waals surface area contributed by atoms with Gasteiger partial charge in [-0.05, 0) is 52.5 Å². The summed E-state index contributed by atoms with van der Waals surface area (Å²) in [7, 11) is 0. The van der Waals surface area contributed by atoms with Crippen LogP contribution in [0.5, 0.6) is 0 Å². The van der Waals surface area contributed by atoms with Gasteiger partial charge in [0.1, 0.15) is 11.4 Å². The number of halogens is 2. The molecule has 0 aliphatic heterocycles. The maximum atomic E-state index is 13.2. The smallest absolute Gasteiger partial charge is 0.239 e. The number of benzene rings is 1. The van der Waals surface area contributed by atoms with Gasteiger partial charge in [0.05, 0.1) is 4.88 Å². The quantitative estimate of drug-likeness (QED) is 0.620. The van der Waals surface area contributed by atoms with E-state index in [0.29, 0.717) is 21.4 Å². The number of furan rings is 1. The minimum atomic E-state index is -0.340. The first-order valence-corrected chi connectivity index (χ1v) is 7.21. The summed E-state index contributed by atoms with van der Waals surface area (Å²) in [5.41, 5.74) is 1.19. The van der Waals surface area contributed by atoms with Gasteiger partial charge < -0.3 is 4.42 Å². The third-order valence-electron chi connectivity index (χ3n) is 2.93. The first-order valence-electron chi connectivity index (χ1n) is 5.54. The van der Waals surface area contributed by atoms with Crippen molar-refractivity contribution in [2.75, 3.05) is 0 Å². The fourth-order valence-electron chi connectivity index (χ4n) is 1.97. The SMILES string of the molecule is Cc1c(C(=O)c2sccc2Br)oc2ccc(F)cc12. The summed E-state index contributed by atoms with van der Waals surface area (Å²) in [6.45, 7) is 1.76. The summed E-state index contributed by atoms with van der Waals surface area (Å²) >= 11 is 4.68. The largest absolute Gasteiger partial charge is 0.452 e. The molecule has 0 amide bonds. The number of carbonyl (C=O) groups is 1. The maximum absolute atomic E-state index is 13.2. The molecule has 2 nitrogen and oxygen atoms in total. The summed E-state index contributed by atoms with van der Waals surface area (Å²) in [6.07, 6.45) is 0. The maximum Gasteiger partial charge on any atom is 0.239 e. The fourth-order valence-corrected chi connectivity index (χ4v) is 3.46. The van der Waals surface area contributed by atoms with Gasteiger partial charge in [0.25, 0.3) is 0 Å². The molecule has 0 bridgehead atoms. The van der Waals surface area contributed by atoms with Gasteiger partial charge in [-0.3, -0.25) is 4.79 Å². The third kappa shape index (κ3) is 2.03. The van der Waals surface area contributed by atoms with Crippen LogP contribution in [0.1, 0.15) is 21.0 Å². The number of thiophene rings is 1. The number of aryl methyl sites for hydroxylation is 1. The molecule has 19 heavy (non-hydrogen) atoms. The number of rotatable bonds is 2. The molecule has 0 radical (unpaired) electrons. The summed E-state index contributed by atoms with van der Waals surface area (Å²) in [6, 6.07) is 6.06. The highest BCUT2D eigenvalue weighted by Gasteiger charge is 2.22. The lowest BCUT2D eigenvalue weighted by molar-refractivity contribution is 0.101. The molecule has 0 unspecified atom stereocenters. The Balaban J connectivity index is 2.18. The van der Waals surface area contributed by atoms with Crippen LogP contribution in [0, 0.1) is 12.7 Å². The van der Waals surface area contributed by atoms with Crippen molar-refractivity contribution >= 4 is 44.0 Å².